The van der Waals surface area contributed by atoms with Gasteiger partial charge in [-0.2, -0.15) is 0 Å². The van der Waals surface area contributed by atoms with Gasteiger partial charge in [-0.25, -0.2) is 0 Å². The number of pyridine rings is 1. The van der Waals surface area contributed by atoms with Crippen LogP contribution in [0.3, 0.4) is 0 Å². The molecule has 0 radical (unpaired) electrons. The van der Waals surface area contributed by atoms with Crippen LogP contribution in [0.2, 0.25) is 0 Å². The molecule has 0 aliphatic carbocycles. The minimum absolute atomic E-state index is 0.0551. The second kappa shape index (κ2) is 9.61. The van der Waals surface area contributed by atoms with Crippen LogP contribution in [-0.4, -0.2) is 4.57 Å². The third kappa shape index (κ3) is 4.11. The molecule has 0 aliphatic rings. The third-order valence-corrected chi connectivity index (χ3v) is 5.71. The summed E-state index contributed by atoms with van der Waals surface area (Å²) in [5, 5.41) is 0. The number of nitrogens with zero attached hydrogens (tertiary/aromatic N) is 1. The third-order valence-electron chi connectivity index (χ3n) is 5.71. The summed E-state index contributed by atoms with van der Waals surface area (Å²) in [6, 6.07) is 30.6. The fourth-order valence-electron chi connectivity index (χ4n) is 4.44. The Balaban J connectivity index is 2.19. The van der Waals surface area contributed by atoms with Gasteiger partial charge in [-0.3, -0.25) is 9.36 Å². The first-order valence-corrected chi connectivity index (χ1v) is 11.2. The van der Waals surface area contributed by atoms with Crippen LogP contribution in [0.4, 0.5) is 0 Å². The molecule has 3 aromatic carbocycles. The van der Waals surface area contributed by atoms with Gasteiger partial charge in [0, 0.05) is 11.4 Å². The van der Waals surface area contributed by atoms with E-state index in [-0.39, 0.29) is 5.56 Å². The van der Waals surface area contributed by atoms with Gasteiger partial charge < -0.3 is 0 Å². The van der Waals surface area contributed by atoms with E-state index in [9.17, 15) is 4.79 Å². The van der Waals surface area contributed by atoms with Gasteiger partial charge in [-0.05, 0) is 47.2 Å². The zero-order chi connectivity index (χ0) is 21.6. The maximum atomic E-state index is 14.2. The zero-order valence-electron chi connectivity index (χ0n) is 18.3. The van der Waals surface area contributed by atoms with E-state index >= 15 is 0 Å². The summed E-state index contributed by atoms with van der Waals surface area (Å²) in [4.78, 5) is 14.2. The molecular weight excluding hydrogens is 378 g/mol. The highest BCUT2D eigenvalue weighted by molar-refractivity contribution is 5.86. The van der Waals surface area contributed by atoms with Gasteiger partial charge in [0.1, 0.15) is 0 Å². The lowest BCUT2D eigenvalue weighted by Crippen LogP contribution is -2.27. The first kappa shape index (κ1) is 20.9. The molecule has 4 aromatic rings. The average molecular weight is 408 g/mol. The molecule has 0 atom stereocenters. The molecular formula is C29H29NO. The maximum absolute atomic E-state index is 14.2. The summed E-state index contributed by atoms with van der Waals surface area (Å²) in [5.41, 5.74) is 7.38. The molecule has 31 heavy (non-hydrogen) atoms. The first-order valence-electron chi connectivity index (χ1n) is 11.2. The van der Waals surface area contributed by atoms with Crippen molar-refractivity contribution in [3.63, 3.8) is 0 Å². The highest BCUT2D eigenvalue weighted by atomic mass is 16.1. The van der Waals surface area contributed by atoms with Gasteiger partial charge in [-0.1, -0.05) is 106 Å². The van der Waals surface area contributed by atoms with E-state index in [0.29, 0.717) is 0 Å². The SMILES string of the molecule is CCCc1c(-c2ccccc2)c(-c2ccccc2)c(=O)n(-c2ccccc2)c1CCC. The van der Waals surface area contributed by atoms with Crippen molar-refractivity contribution in [3.05, 3.63) is 113 Å². The zero-order valence-corrected chi connectivity index (χ0v) is 18.3. The maximum Gasteiger partial charge on any atom is 0.263 e. The molecule has 0 saturated heterocycles. The molecule has 0 N–H and O–H groups in total. The van der Waals surface area contributed by atoms with Crippen LogP contribution in [0.1, 0.15) is 37.9 Å². The van der Waals surface area contributed by atoms with Gasteiger partial charge in [-0.15, -0.1) is 0 Å². The topological polar surface area (TPSA) is 22.0 Å². The second-order valence-electron chi connectivity index (χ2n) is 7.88. The summed E-state index contributed by atoms with van der Waals surface area (Å²) in [7, 11) is 0. The fraction of sp³-hybridized carbons (Fsp3) is 0.207. The Hall–Kier alpha value is -3.39. The molecule has 0 unspecified atom stereocenters. The molecule has 0 saturated carbocycles. The van der Waals surface area contributed by atoms with Gasteiger partial charge in [0.2, 0.25) is 0 Å². The highest BCUT2D eigenvalue weighted by Crippen LogP contribution is 2.36. The summed E-state index contributed by atoms with van der Waals surface area (Å²) in [6.07, 6.45) is 3.82. The van der Waals surface area contributed by atoms with Crippen LogP contribution in [0.15, 0.2) is 95.8 Å². The Bertz CT molecular complexity index is 1190. The van der Waals surface area contributed by atoms with Crippen LogP contribution < -0.4 is 5.56 Å². The normalized spacial score (nSPS) is 10.9. The largest absolute Gasteiger partial charge is 0.280 e. The van der Waals surface area contributed by atoms with Gasteiger partial charge in [0.25, 0.3) is 5.56 Å². The number of rotatable bonds is 7. The van der Waals surface area contributed by atoms with E-state index in [1.807, 2.05) is 71.3 Å². The quantitative estimate of drug-likeness (QED) is 0.321. The molecule has 0 spiro atoms. The van der Waals surface area contributed by atoms with E-state index in [1.165, 1.54) is 5.56 Å². The van der Waals surface area contributed by atoms with Gasteiger partial charge in [0.15, 0.2) is 0 Å². The molecule has 4 rings (SSSR count). The summed E-state index contributed by atoms with van der Waals surface area (Å²) in [5.74, 6) is 0. The number of benzene rings is 3. The average Bonchev–Trinajstić information content (AvgIpc) is 2.82. The highest BCUT2D eigenvalue weighted by Gasteiger charge is 2.23. The summed E-state index contributed by atoms with van der Waals surface area (Å²) in [6.45, 7) is 4.40. The van der Waals surface area contributed by atoms with Crippen LogP contribution in [0.25, 0.3) is 27.9 Å². The number of hydrogen-bond acceptors (Lipinski definition) is 1. The van der Waals surface area contributed by atoms with Crippen molar-refractivity contribution >= 4 is 0 Å². The van der Waals surface area contributed by atoms with Gasteiger partial charge >= 0.3 is 0 Å². The van der Waals surface area contributed by atoms with E-state index in [1.54, 1.807) is 0 Å². The van der Waals surface area contributed by atoms with Crippen LogP contribution in [-0.2, 0) is 12.8 Å². The predicted molar refractivity (Wildman–Crippen MR) is 131 cm³/mol. The van der Waals surface area contributed by atoms with Crippen molar-refractivity contribution < 1.29 is 0 Å². The van der Waals surface area contributed by atoms with E-state index in [2.05, 4.69) is 38.1 Å². The monoisotopic (exact) mass is 407 g/mol. The van der Waals surface area contributed by atoms with Gasteiger partial charge in [0.05, 0.1) is 5.56 Å². The Morgan fingerprint density at radius 3 is 1.61 bits per heavy atom. The summed E-state index contributed by atoms with van der Waals surface area (Å²) >= 11 is 0. The van der Waals surface area contributed by atoms with E-state index < -0.39 is 0 Å². The summed E-state index contributed by atoms with van der Waals surface area (Å²) < 4.78 is 1.96. The minimum atomic E-state index is 0.0551. The lowest BCUT2D eigenvalue weighted by molar-refractivity contribution is 0.774. The van der Waals surface area contributed by atoms with Crippen molar-refractivity contribution in [1.82, 2.24) is 4.57 Å². The lowest BCUT2D eigenvalue weighted by atomic mass is 9.87. The standard InChI is InChI=1S/C29H29NO/c1-3-14-25-26(15-4-2)30(24-20-12-7-13-21-24)29(31)28(23-18-10-6-11-19-23)27(25)22-16-8-5-9-17-22/h5-13,16-21H,3-4,14-15H2,1-2H3. The number of para-hydroxylation sites is 1. The van der Waals surface area contributed by atoms with Crippen molar-refractivity contribution in [3.8, 4) is 27.9 Å². The Morgan fingerprint density at radius 1 is 0.613 bits per heavy atom. The fourth-order valence-corrected chi connectivity index (χ4v) is 4.44. The smallest absolute Gasteiger partial charge is 0.263 e. The molecule has 0 bridgehead atoms. The van der Waals surface area contributed by atoms with Crippen molar-refractivity contribution in [2.24, 2.45) is 0 Å². The van der Waals surface area contributed by atoms with Crippen molar-refractivity contribution in [2.45, 2.75) is 39.5 Å². The minimum Gasteiger partial charge on any atom is -0.280 e. The molecule has 0 aliphatic heterocycles. The van der Waals surface area contributed by atoms with Crippen LogP contribution >= 0.6 is 0 Å². The molecule has 1 heterocycles. The van der Waals surface area contributed by atoms with E-state index in [0.717, 1.165) is 59.3 Å². The predicted octanol–water partition coefficient (Wildman–Crippen LogP) is 7.08. The van der Waals surface area contributed by atoms with E-state index in [4.69, 9.17) is 0 Å². The number of aromatic nitrogens is 1. The number of hydrogen-bond donors (Lipinski definition) is 0. The molecule has 2 heteroatoms. The molecule has 156 valence electrons. The molecule has 2 nitrogen and oxygen atoms in total. The van der Waals surface area contributed by atoms with Crippen molar-refractivity contribution in [1.29, 1.82) is 0 Å². The molecule has 0 fully saturated rings. The van der Waals surface area contributed by atoms with Crippen LogP contribution in [0, 0.1) is 0 Å². The van der Waals surface area contributed by atoms with Crippen LogP contribution in [0.5, 0.6) is 0 Å². The van der Waals surface area contributed by atoms with Crippen molar-refractivity contribution in [2.75, 3.05) is 0 Å². The Labute approximate surface area is 184 Å². The lowest BCUT2D eigenvalue weighted by Gasteiger charge is -2.24. The Kier molecular flexibility index (Phi) is 6.47. The Morgan fingerprint density at radius 2 is 1.10 bits per heavy atom. The molecule has 0 amide bonds. The molecule has 1 aromatic heterocycles. The first-order chi connectivity index (χ1) is 15.3. The second-order valence-corrected chi connectivity index (χ2v) is 7.88.